The molecule has 1 unspecified atom stereocenters. The highest BCUT2D eigenvalue weighted by Crippen LogP contribution is 2.28. The molecular weight excluding hydrogens is 316 g/mol. The number of nitrogens with zero attached hydrogens (tertiary/aromatic N) is 6. The van der Waals surface area contributed by atoms with Crippen molar-refractivity contribution in [2.24, 2.45) is 0 Å². The van der Waals surface area contributed by atoms with Crippen molar-refractivity contribution in [1.82, 2.24) is 29.0 Å². The smallest absolute Gasteiger partial charge is 0.219 e. The molecule has 0 saturated carbocycles. The normalized spacial score (nSPS) is 17.6. The maximum Gasteiger partial charge on any atom is 0.219 e. The Bertz CT molecular complexity index is 940. The Morgan fingerprint density at radius 3 is 2.80 bits per heavy atom. The molecule has 4 heterocycles. The second-order valence-electron chi connectivity index (χ2n) is 6.72. The van der Waals surface area contributed by atoms with Crippen molar-refractivity contribution in [3.63, 3.8) is 0 Å². The second-order valence-corrected chi connectivity index (χ2v) is 6.72. The summed E-state index contributed by atoms with van der Waals surface area (Å²) < 4.78 is 4.07. The lowest BCUT2D eigenvalue weighted by Gasteiger charge is -2.14. The number of likely N-dealkylation sites (tertiary alicyclic amines) is 1. The molecule has 130 valence electrons. The summed E-state index contributed by atoms with van der Waals surface area (Å²) in [5.41, 5.74) is 4.12. The number of hydrogen-bond donors (Lipinski definition) is 0. The summed E-state index contributed by atoms with van der Waals surface area (Å²) in [5.74, 6) is 1.42. The molecule has 1 fully saturated rings. The third kappa shape index (κ3) is 2.69. The van der Waals surface area contributed by atoms with E-state index >= 15 is 0 Å². The number of imidazole rings is 1. The summed E-state index contributed by atoms with van der Waals surface area (Å²) in [5, 5.41) is 4.75. The molecule has 1 saturated heterocycles. The highest BCUT2D eigenvalue weighted by Gasteiger charge is 2.28. The number of fused-ring (bicyclic) bond motifs is 1. The van der Waals surface area contributed by atoms with E-state index < -0.39 is 0 Å². The van der Waals surface area contributed by atoms with E-state index in [1.165, 1.54) is 0 Å². The quantitative estimate of drug-likeness (QED) is 0.732. The van der Waals surface area contributed by atoms with E-state index in [4.69, 9.17) is 5.10 Å². The summed E-state index contributed by atoms with van der Waals surface area (Å²) in [6, 6.07) is 2.03. The van der Waals surface area contributed by atoms with Crippen LogP contribution >= 0.6 is 0 Å². The lowest BCUT2D eigenvalue weighted by Crippen LogP contribution is -2.25. The fourth-order valence-corrected chi connectivity index (χ4v) is 3.64. The molecule has 0 N–H and O–H groups in total. The van der Waals surface area contributed by atoms with Crippen molar-refractivity contribution in [1.29, 1.82) is 0 Å². The molecule has 3 aromatic heterocycles. The molecule has 7 nitrogen and oxygen atoms in total. The Labute approximate surface area is 146 Å². The largest absolute Gasteiger partial charge is 0.342 e. The molecule has 1 aliphatic rings. The number of hydrogen-bond acceptors (Lipinski definition) is 4. The van der Waals surface area contributed by atoms with Gasteiger partial charge in [0.1, 0.15) is 5.82 Å². The molecule has 3 aromatic rings. The third-order valence-corrected chi connectivity index (χ3v) is 5.15. The number of amides is 1. The highest BCUT2D eigenvalue weighted by atomic mass is 16.2. The molecule has 0 bridgehead atoms. The van der Waals surface area contributed by atoms with Gasteiger partial charge in [-0.2, -0.15) is 5.10 Å². The van der Waals surface area contributed by atoms with Crippen LogP contribution in [0.2, 0.25) is 0 Å². The van der Waals surface area contributed by atoms with Gasteiger partial charge in [0, 0.05) is 50.1 Å². The highest BCUT2D eigenvalue weighted by molar-refractivity contribution is 5.73. The third-order valence-electron chi connectivity index (χ3n) is 5.15. The summed E-state index contributed by atoms with van der Waals surface area (Å²) in [4.78, 5) is 22.4. The Morgan fingerprint density at radius 1 is 1.28 bits per heavy atom. The summed E-state index contributed by atoms with van der Waals surface area (Å²) in [6.45, 7) is 7.93. The van der Waals surface area contributed by atoms with Crippen LogP contribution in [-0.2, 0) is 11.3 Å². The van der Waals surface area contributed by atoms with Gasteiger partial charge in [-0.15, -0.1) is 0 Å². The van der Waals surface area contributed by atoms with Gasteiger partial charge >= 0.3 is 0 Å². The average Bonchev–Trinajstić information content (AvgIpc) is 3.28. The van der Waals surface area contributed by atoms with Gasteiger partial charge < -0.3 is 9.47 Å². The first-order valence-electron chi connectivity index (χ1n) is 8.61. The van der Waals surface area contributed by atoms with Crippen LogP contribution in [0.3, 0.4) is 0 Å². The monoisotopic (exact) mass is 338 g/mol. The molecule has 0 radical (unpaired) electrons. The zero-order chi connectivity index (χ0) is 17.6. The van der Waals surface area contributed by atoms with Crippen LogP contribution in [0, 0.1) is 13.8 Å². The van der Waals surface area contributed by atoms with Crippen molar-refractivity contribution >= 4 is 11.6 Å². The van der Waals surface area contributed by atoms with Crippen molar-refractivity contribution in [2.45, 2.75) is 39.7 Å². The van der Waals surface area contributed by atoms with E-state index in [-0.39, 0.29) is 5.91 Å². The Kier molecular flexibility index (Phi) is 3.78. The van der Waals surface area contributed by atoms with E-state index in [1.54, 1.807) is 6.92 Å². The van der Waals surface area contributed by atoms with Gasteiger partial charge in [-0.25, -0.2) is 14.5 Å². The Morgan fingerprint density at radius 2 is 2.12 bits per heavy atom. The zero-order valence-corrected chi connectivity index (χ0v) is 14.8. The molecule has 7 heteroatoms. The standard InChI is InChI=1S/C18H22N6O/c1-12-16(11-22-9-7-19-13(22)2)18-20-6-4-17(24(18)21-12)15-5-8-23(10-15)14(3)25/h4,6-7,9,15H,5,8,10-11H2,1-3H3. The second kappa shape index (κ2) is 5.98. The van der Waals surface area contributed by atoms with Crippen LogP contribution in [0.15, 0.2) is 24.7 Å². The van der Waals surface area contributed by atoms with Gasteiger partial charge in [-0.1, -0.05) is 0 Å². The summed E-state index contributed by atoms with van der Waals surface area (Å²) in [6.07, 6.45) is 6.61. The minimum Gasteiger partial charge on any atom is -0.342 e. The van der Waals surface area contributed by atoms with E-state index in [0.29, 0.717) is 12.5 Å². The van der Waals surface area contributed by atoms with Crippen LogP contribution in [0.5, 0.6) is 0 Å². The SMILES string of the molecule is CC(=O)N1CCC(c2ccnc3c(Cn4ccnc4C)c(C)nn23)C1. The van der Waals surface area contributed by atoms with Crippen LogP contribution in [0.4, 0.5) is 0 Å². The van der Waals surface area contributed by atoms with Gasteiger partial charge in [-0.3, -0.25) is 4.79 Å². The first kappa shape index (κ1) is 15.8. The lowest BCUT2D eigenvalue weighted by molar-refractivity contribution is -0.127. The molecule has 1 aliphatic heterocycles. The predicted octanol–water partition coefficient (Wildman–Crippen LogP) is 1.93. The number of carbonyl (C=O) groups excluding carboxylic acids is 1. The van der Waals surface area contributed by atoms with Crippen molar-refractivity contribution < 1.29 is 4.79 Å². The summed E-state index contributed by atoms with van der Waals surface area (Å²) >= 11 is 0. The number of rotatable bonds is 3. The first-order chi connectivity index (χ1) is 12.0. The molecule has 0 spiro atoms. The predicted molar refractivity (Wildman–Crippen MR) is 93.4 cm³/mol. The van der Waals surface area contributed by atoms with E-state index in [9.17, 15) is 4.79 Å². The lowest BCUT2D eigenvalue weighted by atomic mass is 10.0. The van der Waals surface area contributed by atoms with Crippen molar-refractivity contribution in [3.8, 4) is 0 Å². The molecule has 1 atom stereocenters. The molecule has 0 aromatic carbocycles. The van der Waals surface area contributed by atoms with Gasteiger partial charge in [0.25, 0.3) is 0 Å². The Balaban J connectivity index is 1.73. The van der Waals surface area contributed by atoms with Crippen LogP contribution in [0.1, 0.15) is 42.0 Å². The van der Waals surface area contributed by atoms with Crippen LogP contribution < -0.4 is 0 Å². The molecule has 25 heavy (non-hydrogen) atoms. The van der Waals surface area contributed by atoms with Crippen LogP contribution in [-0.4, -0.2) is 48.0 Å². The van der Waals surface area contributed by atoms with Crippen molar-refractivity contribution in [3.05, 3.63) is 47.4 Å². The van der Waals surface area contributed by atoms with Crippen LogP contribution in [0.25, 0.3) is 5.65 Å². The van der Waals surface area contributed by atoms with Gasteiger partial charge in [0.15, 0.2) is 5.65 Å². The minimum absolute atomic E-state index is 0.140. The first-order valence-corrected chi connectivity index (χ1v) is 8.61. The van der Waals surface area contributed by atoms with Gasteiger partial charge in [0.2, 0.25) is 5.91 Å². The molecular formula is C18H22N6O. The average molecular weight is 338 g/mol. The molecule has 4 rings (SSSR count). The minimum atomic E-state index is 0.140. The Hall–Kier alpha value is -2.70. The topological polar surface area (TPSA) is 68.3 Å². The zero-order valence-electron chi connectivity index (χ0n) is 14.8. The van der Waals surface area contributed by atoms with Gasteiger partial charge in [-0.05, 0) is 26.3 Å². The van der Waals surface area contributed by atoms with Crippen molar-refractivity contribution in [2.75, 3.05) is 13.1 Å². The number of carbonyl (C=O) groups is 1. The summed E-state index contributed by atoms with van der Waals surface area (Å²) in [7, 11) is 0. The number of aromatic nitrogens is 5. The van der Waals surface area contributed by atoms with E-state index in [2.05, 4.69) is 14.5 Å². The van der Waals surface area contributed by atoms with E-state index in [0.717, 1.165) is 47.9 Å². The fourth-order valence-electron chi connectivity index (χ4n) is 3.64. The molecule has 1 amide bonds. The molecule has 0 aliphatic carbocycles. The maximum absolute atomic E-state index is 11.6. The fraction of sp³-hybridized carbons (Fsp3) is 0.444. The number of aryl methyl sites for hydroxylation is 2. The maximum atomic E-state index is 11.6. The van der Waals surface area contributed by atoms with Gasteiger partial charge in [0.05, 0.1) is 17.9 Å². The van der Waals surface area contributed by atoms with E-state index in [1.807, 2.05) is 47.9 Å².